The van der Waals surface area contributed by atoms with Crippen molar-refractivity contribution in [1.82, 2.24) is 19.4 Å². The zero-order chi connectivity index (χ0) is 28.3. The maximum Gasteiger partial charge on any atom is 0.252 e. The van der Waals surface area contributed by atoms with Crippen LogP contribution in [-0.2, 0) is 26.6 Å². The third-order valence-corrected chi connectivity index (χ3v) is 9.81. The topological polar surface area (TPSA) is 62.7 Å². The maximum atomic E-state index is 12.8. The highest BCUT2D eigenvalue weighted by atomic mass is 16.7. The second kappa shape index (κ2) is 10.1. The van der Waals surface area contributed by atoms with Crippen LogP contribution in [0.5, 0.6) is 11.5 Å². The van der Waals surface area contributed by atoms with Gasteiger partial charge in [0.15, 0.2) is 11.5 Å². The fourth-order valence-corrected chi connectivity index (χ4v) is 7.36. The highest BCUT2D eigenvalue weighted by molar-refractivity contribution is 5.80. The predicted octanol–water partition coefficient (Wildman–Crippen LogP) is 5.47. The summed E-state index contributed by atoms with van der Waals surface area (Å²) < 4.78 is 16.0. The Labute approximate surface area is 238 Å². The van der Waals surface area contributed by atoms with Gasteiger partial charge in [0.2, 0.25) is 0 Å². The molecule has 6 rings (SSSR count). The summed E-state index contributed by atoms with van der Waals surface area (Å²) in [5.74, 6) is 1.50. The molecular weight excluding hydrogens is 500 g/mol. The minimum absolute atomic E-state index is 0.0231. The Bertz CT molecular complexity index is 1490. The van der Waals surface area contributed by atoms with Crippen molar-refractivity contribution in [3.8, 4) is 22.8 Å². The summed E-state index contributed by atoms with van der Waals surface area (Å²) in [5.41, 5.74) is 9.02. The number of benzene rings is 1. The van der Waals surface area contributed by atoms with Crippen LogP contribution in [-0.4, -0.2) is 51.8 Å². The molecule has 2 aromatic heterocycles. The van der Waals surface area contributed by atoms with Crippen LogP contribution < -0.4 is 15.0 Å². The van der Waals surface area contributed by atoms with Gasteiger partial charge < -0.3 is 23.9 Å². The lowest BCUT2D eigenvalue weighted by Crippen LogP contribution is -2.46. The summed E-state index contributed by atoms with van der Waals surface area (Å²) in [7, 11) is 6.47. The predicted molar refractivity (Wildman–Crippen MR) is 159 cm³/mol. The summed E-state index contributed by atoms with van der Waals surface area (Å²) in [6.07, 6.45) is 7.55. The first kappa shape index (κ1) is 27.2. The van der Waals surface area contributed by atoms with Gasteiger partial charge >= 0.3 is 0 Å². The number of fused-ring (bicyclic) bond motifs is 2. The van der Waals surface area contributed by atoms with Crippen molar-refractivity contribution in [2.45, 2.75) is 84.7 Å². The summed E-state index contributed by atoms with van der Waals surface area (Å²) in [4.78, 5) is 20.6. The molecule has 3 aliphatic rings. The first-order chi connectivity index (χ1) is 19.1. The van der Waals surface area contributed by atoms with Gasteiger partial charge in [0.25, 0.3) is 11.3 Å². The molecule has 1 aliphatic carbocycles. The van der Waals surface area contributed by atoms with E-state index >= 15 is 0 Å². The van der Waals surface area contributed by atoms with E-state index in [2.05, 4.69) is 78.7 Å². The summed E-state index contributed by atoms with van der Waals surface area (Å²) >= 11 is 0. The average molecular weight is 545 g/mol. The first-order valence-electron chi connectivity index (χ1n) is 14.8. The lowest BCUT2D eigenvalue weighted by atomic mass is 9.81. The summed E-state index contributed by atoms with van der Waals surface area (Å²) in [6, 6.07) is 6.99. The Kier molecular flexibility index (Phi) is 6.86. The van der Waals surface area contributed by atoms with Crippen LogP contribution in [0, 0.1) is 26.7 Å². The Hall–Kier alpha value is -3.03. The van der Waals surface area contributed by atoms with Crippen LogP contribution in [0.2, 0.25) is 0 Å². The van der Waals surface area contributed by atoms with Crippen molar-refractivity contribution in [2.75, 3.05) is 20.6 Å². The molecule has 1 saturated carbocycles. The molecule has 3 aromatic rings. The van der Waals surface area contributed by atoms with Crippen molar-refractivity contribution in [1.29, 1.82) is 0 Å². The smallest absolute Gasteiger partial charge is 0.252 e. The SMILES string of the molecule is Cc1cc(C)c(CN2CCc3c(c(C)c4c(c3-c3cccn3C)OC(C)(C3CCC(N(C)C)CC3)O4)C2)c(=O)[nH]1. The Balaban J connectivity index is 1.37. The Morgan fingerprint density at radius 3 is 2.45 bits per heavy atom. The monoisotopic (exact) mass is 544 g/mol. The van der Waals surface area contributed by atoms with Crippen molar-refractivity contribution in [3.05, 3.63) is 68.3 Å². The van der Waals surface area contributed by atoms with E-state index in [0.29, 0.717) is 18.5 Å². The standard InChI is InChI=1S/C33H44N4O3/c1-20-17-21(2)34-32(38)26(20)18-37-16-14-25-27(19-37)22(3)30-31(29(25)28-9-8-15-36(28)7)40-33(4,39-30)23-10-12-24(13-11-23)35(5)6/h8-9,15,17,23-24H,10-14,16,18-19H2,1-7H3,(H,34,38). The lowest BCUT2D eigenvalue weighted by Gasteiger charge is -2.39. The molecule has 1 aromatic carbocycles. The first-order valence-corrected chi connectivity index (χ1v) is 14.8. The zero-order valence-corrected chi connectivity index (χ0v) is 25.2. The van der Waals surface area contributed by atoms with Crippen LogP contribution >= 0.6 is 0 Å². The molecule has 1 N–H and O–H groups in total. The van der Waals surface area contributed by atoms with Gasteiger partial charge in [-0.15, -0.1) is 0 Å². The molecule has 7 nitrogen and oxygen atoms in total. The minimum Gasteiger partial charge on any atom is -0.448 e. The van der Waals surface area contributed by atoms with E-state index in [1.807, 2.05) is 13.8 Å². The zero-order valence-electron chi connectivity index (χ0n) is 25.2. The van der Waals surface area contributed by atoms with Gasteiger partial charge in [0.1, 0.15) is 0 Å². The van der Waals surface area contributed by atoms with Crippen LogP contribution in [0.15, 0.2) is 29.2 Å². The molecule has 0 bridgehead atoms. The molecule has 0 radical (unpaired) electrons. The number of nitrogens with zero attached hydrogens (tertiary/aromatic N) is 3. The number of hydrogen-bond donors (Lipinski definition) is 1. The van der Waals surface area contributed by atoms with E-state index in [4.69, 9.17) is 9.47 Å². The third kappa shape index (κ3) is 4.57. The highest BCUT2D eigenvalue weighted by Gasteiger charge is 2.48. The van der Waals surface area contributed by atoms with Gasteiger partial charge in [-0.25, -0.2) is 0 Å². The fraction of sp³-hybridized carbons (Fsp3) is 0.545. The molecule has 1 unspecified atom stereocenters. The number of rotatable bonds is 5. The molecule has 214 valence electrons. The number of aryl methyl sites for hydroxylation is 3. The minimum atomic E-state index is -0.666. The van der Waals surface area contributed by atoms with Gasteiger partial charge in [-0.3, -0.25) is 9.69 Å². The number of nitrogens with one attached hydrogen (secondary N) is 1. The van der Waals surface area contributed by atoms with Crippen molar-refractivity contribution >= 4 is 0 Å². The molecule has 0 amide bonds. The van der Waals surface area contributed by atoms with E-state index in [1.54, 1.807) is 0 Å². The van der Waals surface area contributed by atoms with Crippen LogP contribution in [0.3, 0.4) is 0 Å². The molecule has 2 aliphatic heterocycles. The van der Waals surface area contributed by atoms with E-state index < -0.39 is 5.79 Å². The Morgan fingerprint density at radius 2 is 1.80 bits per heavy atom. The summed E-state index contributed by atoms with van der Waals surface area (Å²) in [6.45, 7) is 10.6. The third-order valence-electron chi connectivity index (χ3n) is 9.81. The van der Waals surface area contributed by atoms with Gasteiger partial charge in [-0.2, -0.15) is 0 Å². The summed E-state index contributed by atoms with van der Waals surface area (Å²) in [5, 5.41) is 0. The quantitative estimate of drug-likeness (QED) is 0.462. The lowest BCUT2D eigenvalue weighted by molar-refractivity contribution is -0.123. The molecule has 0 spiro atoms. The van der Waals surface area contributed by atoms with E-state index in [1.165, 1.54) is 35.1 Å². The highest BCUT2D eigenvalue weighted by Crippen LogP contribution is 2.55. The molecule has 0 saturated heterocycles. The number of ether oxygens (including phenoxy) is 2. The van der Waals surface area contributed by atoms with Gasteiger partial charge in [0, 0.05) is 68.6 Å². The second-order valence-corrected chi connectivity index (χ2v) is 12.7. The molecular formula is C33H44N4O3. The number of aromatic amines is 1. The van der Waals surface area contributed by atoms with Crippen LogP contribution in [0.25, 0.3) is 11.3 Å². The maximum absolute atomic E-state index is 12.8. The molecule has 40 heavy (non-hydrogen) atoms. The molecule has 1 fully saturated rings. The van der Waals surface area contributed by atoms with Gasteiger partial charge in [0.05, 0.1) is 5.69 Å². The number of hydrogen-bond acceptors (Lipinski definition) is 5. The molecule has 7 heteroatoms. The van der Waals surface area contributed by atoms with E-state index in [0.717, 1.165) is 66.4 Å². The van der Waals surface area contributed by atoms with Crippen molar-refractivity contribution < 1.29 is 9.47 Å². The number of H-pyrrole nitrogens is 1. The van der Waals surface area contributed by atoms with Gasteiger partial charge in [-0.05, 0) is 107 Å². The molecule has 4 heterocycles. The van der Waals surface area contributed by atoms with Crippen LogP contribution in [0.1, 0.15) is 66.1 Å². The van der Waals surface area contributed by atoms with Crippen molar-refractivity contribution in [2.24, 2.45) is 13.0 Å². The normalized spacial score (nSPS) is 24.5. The number of aromatic nitrogens is 2. The van der Waals surface area contributed by atoms with E-state index in [9.17, 15) is 4.79 Å². The van der Waals surface area contributed by atoms with Crippen LogP contribution in [0.4, 0.5) is 0 Å². The van der Waals surface area contributed by atoms with Gasteiger partial charge in [-0.1, -0.05) is 0 Å². The van der Waals surface area contributed by atoms with Crippen molar-refractivity contribution in [3.63, 3.8) is 0 Å². The number of pyridine rings is 1. The molecule has 1 atom stereocenters. The second-order valence-electron chi connectivity index (χ2n) is 12.7. The average Bonchev–Trinajstić information content (AvgIpc) is 3.50. The largest absolute Gasteiger partial charge is 0.448 e. The Morgan fingerprint density at radius 1 is 1.07 bits per heavy atom. The fourth-order valence-electron chi connectivity index (χ4n) is 7.36. The van der Waals surface area contributed by atoms with E-state index in [-0.39, 0.29) is 5.56 Å².